The van der Waals surface area contributed by atoms with E-state index in [0.717, 1.165) is 35.5 Å². The Morgan fingerprint density at radius 2 is 1.78 bits per heavy atom. The first-order valence-electron chi connectivity index (χ1n) is 9.97. The van der Waals surface area contributed by atoms with Gasteiger partial charge in [0.25, 0.3) is 0 Å². The van der Waals surface area contributed by atoms with Crippen molar-refractivity contribution in [2.75, 3.05) is 0 Å². The summed E-state index contributed by atoms with van der Waals surface area (Å²) >= 11 is 0. The lowest BCUT2D eigenvalue weighted by atomic mass is 9.41. The van der Waals surface area contributed by atoms with Gasteiger partial charge in [0.2, 0.25) is 5.91 Å². The fourth-order valence-electron chi connectivity index (χ4n) is 8.43. The summed E-state index contributed by atoms with van der Waals surface area (Å²) in [4.78, 5) is 12.4. The lowest BCUT2D eigenvalue weighted by molar-refractivity contribution is -0.154. The molecule has 0 radical (unpaired) electrons. The average Bonchev–Trinajstić information content (AvgIpc) is 3.12. The van der Waals surface area contributed by atoms with Crippen LogP contribution in [0.4, 0.5) is 0 Å². The number of fused-ring (bicyclic) bond motifs is 2. The second kappa shape index (κ2) is 4.64. The van der Waals surface area contributed by atoms with E-state index in [2.05, 4.69) is 18.8 Å². The van der Waals surface area contributed by atoms with Gasteiger partial charge in [-0.05, 0) is 98.4 Å². The van der Waals surface area contributed by atoms with Crippen molar-refractivity contribution in [3.8, 4) is 0 Å². The highest BCUT2D eigenvalue weighted by Gasteiger charge is 2.66. The predicted molar refractivity (Wildman–Crippen MR) is 91.7 cm³/mol. The molecule has 6 rings (SSSR count). The minimum absolute atomic E-state index is 0.0883. The Kier molecular flexibility index (Phi) is 2.93. The number of carbonyl (C=O) groups is 1. The lowest BCUT2D eigenvalue weighted by Gasteiger charge is -2.67. The Bertz CT molecular complexity index is 536. The van der Waals surface area contributed by atoms with Crippen LogP contribution in [-0.4, -0.2) is 11.4 Å². The Morgan fingerprint density at radius 3 is 2.30 bits per heavy atom. The summed E-state index contributed by atoms with van der Waals surface area (Å²) in [6.07, 6.45) is 14.1. The minimum atomic E-state index is 0.0883. The molecule has 6 saturated carbocycles. The van der Waals surface area contributed by atoms with Crippen LogP contribution in [0.15, 0.2) is 12.7 Å². The lowest BCUT2D eigenvalue weighted by Crippen LogP contribution is -2.71. The van der Waals surface area contributed by atoms with Gasteiger partial charge in [-0.3, -0.25) is 4.79 Å². The molecular weight excluding hydrogens is 282 g/mol. The van der Waals surface area contributed by atoms with Crippen LogP contribution >= 0.6 is 0 Å². The van der Waals surface area contributed by atoms with Gasteiger partial charge in [-0.25, -0.2) is 0 Å². The molecule has 0 spiro atoms. The molecule has 6 bridgehead atoms. The predicted octanol–water partition coefficient (Wildman–Crippen LogP) is 4.31. The molecular formula is C21H31NO. The maximum Gasteiger partial charge on any atom is 0.243 e. The van der Waals surface area contributed by atoms with Crippen molar-refractivity contribution < 1.29 is 4.79 Å². The summed E-state index contributed by atoms with van der Waals surface area (Å²) < 4.78 is 0. The highest BCUT2D eigenvalue weighted by atomic mass is 16.1. The highest BCUT2D eigenvalue weighted by molar-refractivity contribution is 5.87. The molecule has 2 heteroatoms. The zero-order valence-electron chi connectivity index (χ0n) is 14.5. The number of carbonyl (C=O) groups excluding carboxylic acids is 1. The van der Waals surface area contributed by atoms with E-state index in [-0.39, 0.29) is 11.4 Å². The van der Waals surface area contributed by atoms with Crippen LogP contribution in [0.1, 0.15) is 64.7 Å². The van der Waals surface area contributed by atoms with E-state index >= 15 is 0 Å². The molecule has 0 aromatic heterocycles. The van der Waals surface area contributed by atoms with Crippen molar-refractivity contribution in [1.29, 1.82) is 0 Å². The van der Waals surface area contributed by atoms with Crippen LogP contribution in [0.5, 0.6) is 0 Å². The van der Waals surface area contributed by atoms with Crippen molar-refractivity contribution in [3.63, 3.8) is 0 Å². The van der Waals surface area contributed by atoms with E-state index in [0.29, 0.717) is 5.41 Å². The number of hydrogen-bond acceptors (Lipinski definition) is 1. The summed E-state index contributed by atoms with van der Waals surface area (Å²) in [5.74, 6) is 5.07. The van der Waals surface area contributed by atoms with Gasteiger partial charge < -0.3 is 5.32 Å². The molecule has 0 aromatic carbocycles. The molecule has 5 atom stereocenters. The molecule has 0 saturated heterocycles. The molecule has 6 fully saturated rings. The number of nitrogens with one attached hydrogen (secondary N) is 1. The van der Waals surface area contributed by atoms with Gasteiger partial charge in [0.05, 0.1) is 0 Å². The van der Waals surface area contributed by atoms with Crippen LogP contribution < -0.4 is 5.32 Å². The molecule has 0 heterocycles. The quantitative estimate of drug-likeness (QED) is 0.773. The van der Waals surface area contributed by atoms with Crippen molar-refractivity contribution >= 4 is 5.91 Å². The first-order valence-corrected chi connectivity index (χ1v) is 9.97. The van der Waals surface area contributed by atoms with Crippen LogP contribution in [0.25, 0.3) is 0 Å². The second-order valence-electron chi connectivity index (χ2n) is 10.1. The largest absolute Gasteiger partial charge is 0.346 e. The van der Waals surface area contributed by atoms with Crippen molar-refractivity contribution in [3.05, 3.63) is 12.7 Å². The summed E-state index contributed by atoms with van der Waals surface area (Å²) in [7, 11) is 0. The SMILES string of the molecule is C=CC(=O)NC1(C2CC3CCC2C3)C2CC3CC1CC(C)(C3)C2. The first kappa shape index (κ1) is 14.5. The van der Waals surface area contributed by atoms with Crippen LogP contribution in [0.3, 0.4) is 0 Å². The van der Waals surface area contributed by atoms with Crippen molar-refractivity contribution in [1.82, 2.24) is 5.32 Å². The summed E-state index contributed by atoms with van der Waals surface area (Å²) in [5.41, 5.74) is 0.679. The van der Waals surface area contributed by atoms with Gasteiger partial charge in [-0.1, -0.05) is 19.9 Å². The van der Waals surface area contributed by atoms with E-state index in [1.807, 2.05) is 0 Å². The van der Waals surface area contributed by atoms with Crippen LogP contribution in [0, 0.1) is 40.9 Å². The molecule has 6 aliphatic rings. The molecule has 5 unspecified atom stereocenters. The van der Waals surface area contributed by atoms with E-state index in [9.17, 15) is 4.79 Å². The van der Waals surface area contributed by atoms with Gasteiger partial charge in [0.1, 0.15) is 0 Å². The Hall–Kier alpha value is -0.790. The van der Waals surface area contributed by atoms with Crippen LogP contribution in [-0.2, 0) is 4.79 Å². The standard InChI is InChI=1S/C21H31NO/c1-3-19(23)22-21(18-9-13-4-5-15(18)6-13)16-7-14-8-17(21)12-20(2,10-14)11-16/h3,13-18H,1,4-12H2,2H3,(H,22,23). The molecule has 6 aliphatic carbocycles. The number of hydrogen-bond donors (Lipinski definition) is 1. The van der Waals surface area contributed by atoms with Gasteiger partial charge in [0.15, 0.2) is 0 Å². The topological polar surface area (TPSA) is 29.1 Å². The molecule has 1 amide bonds. The number of rotatable bonds is 3. The summed E-state index contributed by atoms with van der Waals surface area (Å²) in [5, 5.41) is 3.61. The smallest absolute Gasteiger partial charge is 0.243 e. The Morgan fingerprint density at radius 1 is 1.04 bits per heavy atom. The minimum Gasteiger partial charge on any atom is -0.346 e. The third-order valence-electron chi connectivity index (χ3n) is 8.72. The van der Waals surface area contributed by atoms with Crippen molar-refractivity contribution in [2.24, 2.45) is 40.9 Å². The van der Waals surface area contributed by atoms with Crippen LogP contribution in [0.2, 0.25) is 0 Å². The fraction of sp³-hybridized carbons (Fsp3) is 0.857. The van der Waals surface area contributed by atoms with Gasteiger partial charge >= 0.3 is 0 Å². The molecule has 126 valence electrons. The third kappa shape index (κ3) is 1.90. The maximum absolute atomic E-state index is 12.4. The van der Waals surface area contributed by atoms with E-state index < -0.39 is 0 Å². The normalized spacial score (nSPS) is 56.0. The maximum atomic E-state index is 12.4. The van der Waals surface area contributed by atoms with Gasteiger partial charge in [0, 0.05) is 5.54 Å². The van der Waals surface area contributed by atoms with E-state index in [4.69, 9.17) is 0 Å². The highest BCUT2D eigenvalue weighted by Crippen LogP contribution is 2.68. The van der Waals surface area contributed by atoms with Crippen molar-refractivity contribution in [2.45, 2.75) is 70.3 Å². The molecule has 0 aliphatic heterocycles. The fourth-order valence-corrected chi connectivity index (χ4v) is 8.43. The Balaban J connectivity index is 1.56. The third-order valence-corrected chi connectivity index (χ3v) is 8.72. The molecule has 2 nitrogen and oxygen atoms in total. The zero-order chi connectivity index (χ0) is 15.8. The Labute approximate surface area is 140 Å². The zero-order valence-corrected chi connectivity index (χ0v) is 14.5. The first-order chi connectivity index (χ1) is 11.0. The van der Waals surface area contributed by atoms with Gasteiger partial charge in [-0.15, -0.1) is 0 Å². The van der Waals surface area contributed by atoms with E-state index in [1.54, 1.807) is 0 Å². The summed E-state index contributed by atoms with van der Waals surface area (Å²) in [6.45, 7) is 6.28. The second-order valence-corrected chi connectivity index (χ2v) is 10.1. The van der Waals surface area contributed by atoms with E-state index in [1.165, 1.54) is 63.9 Å². The number of amides is 1. The molecule has 0 aromatic rings. The summed E-state index contributed by atoms with van der Waals surface area (Å²) in [6, 6.07) is 0. The van der Waals surface area contributed by atoms with Gasteiger partial charge in [-0.2, -0.15) is 0 Å². The molecule has 1 N–H and O–H groups in total. The molecule has 23 heavy (non-hydrogen) atoms. The monoisotopic (exact) mass is 313 g/mol. The average molecular weight is 313 g/mol.